The van der Waals surface area contributed by atoms with Gasteiger partial charge in [-0.3, -0.25) is 14.6 Å². The normalized spacial score (nSPS) is 17.4. The summed E-state index contributed by atoms with van der Waals surface area (Å²) >= 11 is 0. The van der Waals surface area contributed by atoms with E-state index < -0.39 is 17.7 Å². The number of carbonyl (C=O) groups excluding carboxylic acids is 2. The van der Waals surface area contributed by atoms with Crippen molar-refractivity contribution in [3.8, 4) is 5.75 Å². The molecule has 1 saturated heterocycles. The number of aromatic nitrogens is 1. The number of carbonyl (C=O) groups is 2. The molecule has 3 aromatic rings. The summed E-state index contributed by atoms with van der Waals surface area (Å²) in [5, 5.41) is 11.3. The predicted molar refractivity (Wildman–Crippen MR) is 135 cm³/mol. The van der Waals surface area contributed by atoms with Gasteiger partial charge in [0.15, 0.2) is 0 Å². The first-order chi connectivity index (χ1) is 16.8. The molecule has 2 aromatic carbocycles. The fourth-order valence-corrected chi connectivity index (χ4v) is 4.28. The second-order valence-corrected chi connectivity index (χ2v) is 9.30. The number of likely N-dealkylation sites (tertiary alicyclic amines) is 1. The Labute approximate surface area is 205 Å². The number of benzene rings is 2. The molecule has 1 unspecified atom stereocenters. The minimum Gasteiger partial charge on any atom is -0.507 e. The van der Waals surface area contributed by atoms with E-state index in [1.165, 1.54) is 4.90 Å². The molecule has 1 amide bonds. The van der Waals surface area contributed by atoms with Gasteiger partial charge in [-0.15, -0.1) is 0 Å². The molecule has 0 saturated carbocycles. The van der Waals surface area contributed by atoms with Gasteiger partial charge in [-0.1, -0.05) is 50.2 Å². The molecular formula is C29H30N2O4. The van der Waals surface area contributed by atoms with Crippen molar-refractivity contribution in [2.75, 3.05) is 0 Å². The van der Waals surface area contributed by atoms with Crippen LogP contribution in [0, 0.1) is 0 Å². The maximum atomic E-state index is 13.3. The van der Waals surface area contributed by atoms with Crippen LogP contribution < -0.4 is 4.74 Å². The lowest BCUT2D eigenvalue weighted by Gasteiger charge is -2.26. The maximum absolute atomic E-state index is 13.3. The van der Waals surface area contributed by atoms with Crippen LogP contribution in [-0.4, -0.2) is 32.8 Å². The zero-order valence-electron chi connectivity index (χ0n) is 20.4. The number of aliphatic hydroxyl groups is 1. The smallest absolute Gasteiger partial charge is 0.295 e. The molecule has 0 spiro atoms. The lowest BCUT2D eigenvalue weighted by Crippen LogP contribution is -2.29. The molecule has 0 bridgehead atoms. The van der Waals surface area contributed by atoms with E-state index in [-0.39, 0.29) is 24.0 Å². The minimum atomic E-state index is -0.723. The number of nitrogens with zero attached hydrogens (tertiary/aromatic N) is 2. The largest absolute Gasteiger partial charge is 0.507 e. The molecule has 1 atom stereocenters. The zero-order valence-corrected chi connectivity index (χ0v) is 20.4. The third-order valence-electron chi connectivity index (χ3n) is 6.04. The van der Waals surface area contributed by atoms with Crippen LogP contribution >= 0.6 is 0 Å². The Morgan fingerprint density at radius 3 is 2.31 bits per heavy atom. The monoisotopic (exact) mass is 470 g/mol. The van der Waals surface area contributed by atoms with Crippen LogP contribution in [0.15, 0.2) is 78.6 Å². The van der Waals surface area contributed by atoms with Gasteiger partial charge in [0.1, 0.15) is 11.5 Å². The number of ether oxygens (including phenoxy) is 1. The van der Waals surface area contributed by atoms with Gasteiger partial charge in [0, 0.05) is 24.5 Å². The molecule has 1 aromatic heterocycles. The second kappa shape index (κ2) is 10.1. The van der Waals surface area contributed by atoms with E-state index in [0.29, 0.717) is 17.2 Å². The lowest BCUT2D eigenvalue weighted by atomic mass is 9.93. The first-order valence-electron chi connectivity index (χ1n) is 11.8. The summed E-state index contributed by atoms with van der Waals surface area (Å²) in [4.78, 5) is 32.1. The average molecular weight is 471 g/mol. The molecule has 4 rings (SSSR count). The number of Topliss-reactive ketones (excluding diaryl/α,β-unsaturated/α-hetero) is 1. The fraction of sp³-hybridized carbons (Fsp3) is 0.276. The highest BCUT2D eigenvalue weighted by atomic mass is 16.5. The lowest BCUT2D eigenvalue weighted by molar-refractivity contribution is -0.140. The van der Waals surface area contributed by atoms with Crippen molar-refractivity contribution in [3.05, 3.63) is 101 Å². The summed E-state index contributed by atoms with van der Waals surface area (Å²) in [5.74, 6) is -0.642. The summed E-state index contributed by atoms with van der Waals surface area (Å²) in [5.41, 5.74) is 3.26. The van der Waals surface area contributed by atoms with Crippen LogP contribution in [0.1, 0.15) is 61.9 Å². The van der Waals surface area contributed by atoms with Crippen molar-refractivity contribution < 1.29 is 19.4 Å². The number of hydrogen-bond donors (Lipinski definition) is 1. The van der Waals surface area contributed by atoms with Crippen molar-refractivity contribution in [3.63, 3.8) is 0 Å². The van der Waals surface area contributed by atoms with E-state index in [1.807, 2.05) is 50.2 Å². The molecule has 1 aliphatic rings. The quantitative estimate of drug-likeness (QED) is 0.276. The van der Waals surface area contributed by atoms with E-state index in [9.17, 15) is 14.7 Å². The number of ketones is 1. The van der Waals surface area contributed by atoms with Crippen LogP contribution in [0.2, 0.25) is 0 Å². The summed E-state index contributed by atoms with van der Waals surface area (Å²) in [6.45, 7) is 8.26. The van der Waals surface area contributed by atoms with Gasteiger partial charge in [0.2, 0.25) is 0 Å². The standard InChI is InChI=1S/C29H30N2O4/c1-18(2)21-8-10-22(11-9-21)26-25(27(32)23-6-5-7-24(16-23)35-19(3)4)28(33)29(34)31(26)17-20-12-14-30-15-13-20/h5-16,18-19,26,32H,17H2,1-4H3/b27-25-. The van der Waals surface area contributed by atoms with Crippen molar-refractivity contribution >= 4 is 17.4 Å². The molecule has 1 fully saturated rings. The van der Waals surface area contributed by atoms with Crippen LogP contribution in [0.4, 0.5) is 0 Å². The molecule has 0 radical (unpaired) electrons. The Bertz CT molecular complexity index is 1250. The molecule has 6 heteroatoms. The molecular weight excluding hydrogens is 440 g/mol. The molecule has 0 aliphatic carbocycles. The SMILES string of the molecule is CC(C)Oc1cccc(/C(O)=C2/C(=O)C(=O)N(Cc3ccncc3)C2c2ccc(C(C)C)cc2)c1. The first kappa shape index (κ1) is 24.2. The third-order valence-corrected chi connectivity index (χ3v) is 6.04. The summed E-state index contributed by atoms with van der Waals surface area (Å²) in [7, 11) is 0. The maximum Gasteiger partial charge on any atom is 0.295 e. The van der Waals surface area contributed by atoms with Crippen LogP contribution in [0.5, 0.6) is 5.75 Å². The molecule has 35 heavy (non-hydrogen) atoms. The van der Waals surface area contributed by atoms with Crippen LogP contribution in [0.25, 0.3) is 5.76 Å². The van der Waals surface area contributed by atoms with Gasteiger partial charge in [-0.25, -0.2) is 0 Å². The molecule has 180 valence electrons. The fourth-order valence-electron chi connectivity index (χ4n) is 4.28. The molecule has 1 aliphatic heterocycles. The van der Waals surface area contributed by atoms with Crippen LogP contribution in [0.3, 0.4) is 0 Å². The number of hydrogen-bond acceptors (Lipinski definition) is 5. The Balaban J connectivity index is 1.83. The topological polar surface area (TPSA) is 79.7 Å². The highest BCUT2D eigenvalue weighted by molar-refractivity contribution is 6.46. The van der Waals surface area contributed by atoms with Gasteiger partial charge in [0.05, 0.1) is 17.7 Å². The van der Waals surface area contributed by atoms with Crippen molar-refractivity contribution in [2.45, 2.75) is 52.3 Å². The van der Waals surface area contributed by atoms with Gasteiger partial charge in [0.25, 0.3) is 11.7 Å². The number of amides is 1. The van der Waals surface area contributed by atoms with Crippen molar-refractivity contribution in [1.29, 1.82) is 0 Å². The highest BCUT2D eigenvalue weighted by Gasteiger charge is 2.46. The zero-order chi connectivity index (χ0) is 25.1. The number of pyridine rings is 1. The van der Waals surface area contributed by atoms with E-state index in [0.717, 1.165) is 16.7 Å². The Morgan fingerprint density at radius 1 is 1.00 bits per heavy atom. The second-order valence-electron chi connectivity index (χ2n) is 9.30. The van der Waals surface area contributed by atoms with Gasteiger partial charge < -0.3 is 14.7 Å². The predicted octanol–water partition coefficient (Wildman–Crippen LogP) is 5.61. The van der Waals surface area contributed by atoms with Crippen LogP contribution in [-0.2, 0) is 16.1 Å². The number of rotatable bonds is 7. The highest BCUT2D eigenvalue weighted by Crippen LogP contribution is 2.41. The number of aliphatic hydroxyl groups excluding tert-OH is 1. The van der Waals surface area contributed by atoms with Gasteiger partial charge in [-0.2, -0.15) is 0 Å². The average Bonchev–Trinajstić information content (AvgIpc) is 3.09. The Morgan fingerprint density at radius 2 is 1.69 bits per heavy atom. The van der Waals surface area contributed by atoms with E-state index in [1.54, 1.807) is 36.7 Å². The minimum absolute atomic E-state index is 0.0437. The summed E-state index contributed by atoms with van der Waals surface area (Å²) < 4.78 is 5.76. The van der Waals surface area contributed by atoms with E-state index >= 15 is 0 Å². The van der Waals surface area contributed by atoms with E-state index in [4.69, 9.17) is 4.74 Å². The van der Waals surface area contributed by atoms with Gasteiger partial charge >= 0.3 is 0 Å². The first-order valence-corrected chi connectivity index (χ1v) is 11.8. The Kier molecular flexibility index (Phi) is 7.01. The summed E-state index contributed by atoms with van der Waals surface area (Å²) in [6, 6.07) is 17.7. The third kappa shape index (κ3) is 5.11. The Hall–Kier alpha value is -3.93. The van der Waals surface area contributed by atoms with Gasteiger partial charge in [-0.05, 0) is 60.7 Å². The van der Waals surface area contributed by atoms with E-state index in [2.05, 4.69) is 18.8 Å². The molecule has 6 nitrogen and oxygen atoms in total. The van der Waals surface area contributed by atoms with Crippen molar-refractivity contribution in [2.24, 2.45) is 0 Å². The molecule has 1 N–H and O–H groups in total. The van der Waals surface area contributed by atoms with Crippen molar-refractivity contribution in [1.82, 2.24) is 9.88 Å². The summed E-state index contributed by atoms with van der Waals surface area (Å²) in [6.07, 6.45) is 3.26. The molecule has 2 heterocycles.